The summed E-state index contributed by atoms with van der Waals surface area (Å²) in [6.45, 7) is 16.3. The normalized spacial score (nSPS) is 11.5. The van der Waals surface area contributed by atoms with Gasteiger partial charge in [0.15, 0.2) is 0 Å². The number of rotatable bonds is 12. The highest BCUT2D eigenvalue weighted by Crippen LogP contribution is 2.29. The monoisotopic (exact) mass is 484 g/mol. The van der Waals surface area contributed by atoms with Gasteiger partial charge >= 0.3 is 11.9 Å². The standard InChI is InChI=1S/C28H30F2O5/c1-17(2)14-33-15-20(16-34-27(31)18(3)4)11-22-8-7-21(12-25(22)29)24-10-9-23(13-26(24)30)35-28(32)19(5)6/h7-10,12-13,20H,1,3,5,11,14-16H2,2,4,6H3. The predicted octanol–water partition coefficient (Wildman–Crippen LogP) is 5.98. The molecular weight excluding hydrogens is 454 g/mol. The molecule has 0 heterocycles. The summed E-state index contributed by atoms with van der Waals surface area (Å²) in [6.07, 6.45) is 0.240. The Kier molecular flexibility index (Phi) is 10.1. The number of esters is 2. The molecule has 186 valence electrons. The first-order chi connectivity index (χ1) is 16.5. The van der Waals surface area contributed by atoms with E-state index in [0.717, 1.165) is 11.6 Å². The van der Waals surface area contributed by atoms with Crippen molar-refractivity contribution in [3.05, 3.63) is 90.1 Å². The summed E-state index contributed by atoms with van der Waals surface area (Å²) in [6, 6.07) is 8.30. The molecule has 2 aromatic rings. The molecule has 0 amide bonds. The van der Waals surface area contributed by atoms with Crippen molar-refractivity contribution < 1.29 is 32.6 Å². The molecule has 0 fully saturated rings. The molecule has 0 bridgehead atoms. The number of carbonyl (C=O) groups is 2. The minimum absolute atomic E-state index is 0.0262. The van der Waals surface area contributed by atoms with Crippen molar-refractivity contribution in [2.75, 3.05) is 19.8 Å². The van der Waals surface area contributed by atoms with E-state index in [0.29, 0.717) is 17.7 Å². The van der Waals surface area contributed by atoms with E-state index in [9.17, 15) is 18.4 Å². The molecule has 0 aliphatic heterocycles. The molecule has 5 nitrogen and oxygen atoms in total. The molecule has 1 unspecified atom stereocenters. The predicted molar refractivity (Wildman–Crippen MR) is 131 cm³/mol. The summed E-state index contributed by atoms with van der Waals surface area (Å²) in [5.74, 6) is -2.67. The Balaban J connectivity index is 2.17. The van der Waals surface area contributed by atoms with Crippen LogP contribution in [0.15, 0.2) is 72.9 Å². The van der Waals surface area contributed by atoms with Crippen LogP contribution in [0, 0.1) is 17.6 Å². The Morgan fingerprint density at radius 3 is 2.14 bits per heavy atom. The lowest BCUT2D eigenvalue weighted by Crippen LogP contribution is -2.22. The first-order valence-corrected chi connectivity index (χ1v) is 11.0. The van der Waals surface area contributed by atoms with Gasteiger partial charge in [-0.3, -0.25) is 0 Å². The molecule has 35 heavy (non-hydrogen) atoms. The molecule has 0 spiro atoms. The second-order valence-electron chi connectivity index (χ2n) is 8.54. The summed E-state index contributed by atoms with van der Waals surface area (Å²) in [5.41, 5.74) is 2.14. The second kappa shape index (κ2) is 12.8. The molecule has 0 saturated heterocycles. The highest BCUT2D eigenvalue weighted by Gasteiger charge is 2.18. The van der Waals surface area contributed by atoms with Gasteiger partial charge in [0.05, 0.1) is 19.8 Å². The molecule has 0 aliphatic carbocycles. The maximum absolute atomic E-state index is 15.0. The Labute approximate surface area is 204 Å². The molecule has 2 rings (SSSR count). The average molecular weight is 485 g/mol. The van der Waals surface area contributed by atoms with Crippen LogP contribution >= 0.6 is 0 Å². The second-order valence-corrected chi connectivity index (χ2v) is 8.54. The topological polar surface area (TPSA) is 61.8 Å². The van der Waals surface area contributed by atoms with Crippen LogP contribution in [0.4, 0.5) is 8.78 Å². The molecule has 0 aliphatic rings. The lowest BCUT2D eigenvalue weighted by Gasteiger charge is -2.18. The van der Waals surface area contributed by atoms with Crippen LogP contribution in [0.2, 0.25) is 0 Å². The van der Waals surface area contributed by atoms with E-state index in [1.807, 2.05) is 6.92 Å². The van der Waals surface area contributed by atoms with E-state index < -0.39 is 23.6 Å². The molecule has 0 aromatic heterocycles. The van der Waals surface area contributed by atoms with Crippen LogP contribution in [0.3, 0.4) is 0 Å². The fraction of sp³-hybridized carbons (Fsp3) is 0.286. The van der Waals surface area contributed by atoms with Crippen LogP contribution in [0.1, 0.15) is 26.3 Å². The van der Waals surface area contributed by atoms with E-state index in [-0.39, 0.29) is 48.0 Å². The van der Waals surface area contributed by atoms with Gasteiger partial charge < -0.3 is 14.2 Å². The average Bonchev–Trinajstić information content (AvgIpc) is 2.78. The van der Waals surface area contributed by atoms with E-state index in [4.69, 9.17) is 14.2 Å². The summed E-state index contributed by atoms with van der Waals surface area (Å²) < 4.78 is 45.5. The minimum atomic E-state index is -0.665. The van der Waals surface area contributed by atoms with Crippen molar-refractivity contribution in [1.29, 1.82) is 0 Å². The highest BCUT2D eigenvalue weighted by molar-refractivity contribution is 5.89. The Morgan fingerprint density at radius 2 is 1.57 bits per heavy atom. The Hall–Kier alpha value is -3.58. The summed E-state index contributed by atoms with van der Waals surface area (Å²) in [5, 5.41) is 0. The first kappa shape index (κ1) is 27.7. The van der Waals surface area contributed by atoms with Gasteiger partial charge in [-0.1, -0.05) is 37.4 Å². The van der Waals surface area contributed by atoms with E-state index >= 15 is 0 Å². The number of halogens is 2. The van der Waals surface area contributed by atoms with Gasteiger partial charge in [-0.2, -0.15) is 0 Å². The lowest BCUT2D eigenvalue weighted by molar-refractivity contribution is -0.140. The smallest absolute Gasteiger partial charge is 0.338 e. The van der Waals surface area contributed by atoms with Crippen LogP contribution in [0.25, 0.3) is 11.1 Å². The van der Waals surface area contributed by atoms with Crippen LogP contribution in [-0.2, 0) is 25.5 Å². The number of hydrogen-bond donors (Lipinski definition) is 0. The zero-order valence-corrected chi connectivity index (χ0v) is 20.3. The first-order valence-electron chi connectivity index (χ1n) is 11.0. The lowest BCUT2D eigenvalue weighted by atomic mass is 9.97. The summed E-state index contributed by atoms with van der Waals surface area (Å²) in [4.78, 5) is 23.4. The summed E-state index contributed by atoms with van der Waals surface area (Å²) in [7, 11) is 0. The molecule has 0 saturated carbocycles. The molecule has 0 radical (unpaired) electrons. The highest BCUT2D eigenvalue weighted by atomic mass is 19.1. The van der Waals surface area contributed by atoms with Crippen molar-refractivity contribution >= 4 is 11.9 Å². The number of ether oxygens (including phenoxy) is 3. The zero-order chi connectivity index (χ0) is 26.1. The van der Waals surface area contributed by atoms with Gasteiger partial charge in [-0.15, -0.1) is 0 Å². The van der Waals surface area contributed by atoms with Crippen LogP contribution in [-0.4, -0.2) is 31.8 Å². The van der Waals surface area contributed by atoms with E-state index in [1.165, 1.54) is 25.1 Å². The maximum atomic E-state index is 15.0. The Morgan fingerprint density at radius 1 is 0.886 bits per heavy atom. The third kappa shape index (κ3) is 8.61. The number of benzene rings is 2. The van der Waals surface area contributed by atoms with Crippen LogP contribution in [0.5, 0.6) is 5.75 Å². The maximum Gasteiger partial charge on any atom is 0.338 e. The van der Waals surface area contributed by atoms with Crippen molar-refractivity contribution in [3.8, 4) is 16.9 Å². The van der Waals surface area contributed by atoms with Gasteiger partial charge in [0.25, 0.3) is 0 Å². The number of carbonyl (C=O) groups excluding carboxylic acids is 2. The minimum Gasteiger partial charge on any atom is -0.462 e. The fourth-order valence-corrected chi connectivity index (χ4v) is 3.06. The molecule has 7 heteroatoms. The van der Waals surface area contributed by atoms with E-state index in [2.05, 4.69) is 19.7 Å². The van der Waals surface area contributed by atoms with Crippen molar-refractivity contribution in [3.63, 3.8) is 0 Å². The fourth-order valence-electron chi connectivity index (χ4n) is 3.06. The van der Waals surface area contributed by atoms with Gasteiger partial charge in [0.2, 0.25) is 0 Å². The van der Waals surface area contributed by atoms with Crippen molar-refractivity contribution in [1.82, 2.24) is 0 Å². The largest absolute Gasteiger partial charge is 0.462 e. The molecule has 1 atom stereocenters. The zero-order valence-electron chi connectivity index (χ0n) is 20.3. The third-order valence-electron chi connectivity index (χ3n) is 4.87. The van der Waals surface area contributed by atoms with Gasteiger partial charge in [0.1, 0.15) is 17.4 Å². The van der Waals surface area contributed by atoms with Gasteiger partial charge in [-0.25, -0.2) is 18.4 Å². The van der Waals surface area contributed by atoms with Crippen molar-refractivity contribution in [2.45, 2.75) is 27.2 Å². The number of hydrogen-bond acceptors (Lipinski definition) is 5. The molecule has 2 aromatic carbocycles. The SMILES string of the molecule is C=C(C)COCC(COC(=O)C(=C)C)Cc1ccc(-c2ccc(OC(=O)C(=C)C)cc2F)cc1F. The molecular formula is C28H30F2O5. The Bertz CT molecular complexity index is 1140. The van der Waals surface area contributed by atoms with Crippen LogP contribution < -0.4 is 4.74 Å². The van der Waals surface area contributed by atoms with Gasteiger partial charge in [-0.05, 0) is 56.5 Å². The van der Waals surface area contributed by atoms with Gasteiger partial charge in [0, 0.05) is 28.7 Å². The third-order valence-corrected chi connectivity index (χ3v) is 4.87. The quantitative estimate of drug-likeness (QED) is 0.160. The van der Waals surface area contributed by atoms with Crippen molar-refractivity contribution in [2.24, 2.45) is 5.92 Å². The summed E-state index contributed by atoms with van der Waals surface area (Å²) >= 11 is 0. The van der Waals surface area contributed by atoms with E-state index in [1.54, 1.807) is 19.1 Å². The molecule has 0 N–H and O–H groups in total.